The molecule has 0 amide bonds. The number of carbonyl (C=O) groups is 2. The molecule has 396 valence electrons. The number of carbonyl (C=O) groups excluding carboxylic acids is 2. The van der Waals surface area contributed by atoms with Gasteiger partial charge in [-0.15, -0.1) is 0 Å². The van der Waals surface area contributed by atoms with Gasteiger partial charge in [0.1, 0.15) is 6.61 Å². The van der Waals surface area contributed by atoms with Crippen LogP contribution in [-0.4, -0.2) is 49.3 Å². The minimum atomic E-state index is -4.40. The summed E-state index contributed by atoms with van der Waals surface area (Å²) in [6, 6.07) is 0. The highest BCUT2D eigenvalue weighted by atomic mass is 31.2. The van der Waals surface area contributed by atoms with Crippen LogP contribution in [0.3, 0.4) is 0 Å². The highest BCUT2D eigenvalue weighted by Crippen LogP contribution is 2.43. The molecule has 0 rings (SSSR count). The van der Waals surface area contributed by atoms with Crippen LogP contribution >= 0.6 is 7.82 Å². The molecule has 3 N–H and O–H groups in total. The Labute approximate surface area is 423 Å². The first kappa shape index (κ1) is 65.9. The number of allylic oxidation sites excluding steroid dienone is 16. The highest BCUT2D eigenvalue weighted by Gasteiger charge is 2.26. The number of unbranched alkanes of at least 4 members (excludes halogenated alkanes) is 22. The molecule has 0 saturated carbocycles. The van der Waals surface area contributed by atoms with Crippen LogP contribution in [0.25, 0.3) is 0 Å². The van der Waals surface area contributed by atoms with E-state index in [-0.39, 0.29) is 38.6 Å². The predicted molar refractivity (Wildman–Crippen MR) is 293 cm³/mol. The number of nitrogens with two attached hydrogens (primary N) is 1. The van der Waals surface area contributed by atoms with Crippen LogP contribution in [0.4, 0.5) is 0 Å². The molecule has 0 saturated heterocycles. The second-order valence-corrected chi connectivity index (χ2v) is 19.5. The minimum Gasteiger partial charge on any atom is -0.462 e. The van der Waals surface area contributed by atoms with Crippen LogP contribution in [0, 0.1) is 0 Å². The van der Waals surface area contributed by atoms with Gasteiger partial charge in [-0.05, 0) is 96.3 Å². The SMILES string of the molecule is CC/C=C\C/C=C\C/C=C\C/C=C\C/C=C\C/C=C\CCCCCCCCCCC(=O)OC(COC(=O)CCCCCCCCCCC/C=C\C/C=C\CCCCCCC)COP(=O)(O)OCCN. The highest BCUT2D eigenvalue weighted by molar-refractivity contribution is 7.47. The van der Waals surface area contributed by atoms with E-state index in [1.54, 1.807) is 0 Å². The minimum absolute atomic E-state index is 0.0466. The Balaban J connectivity index is 4.06. The third kappa shape index (κ3) is 54.1. The lowest BCUT2D eigenvalue weighted by molar-refractivity contribution is -0.161. The van der Waals surface area contributed by atoms with E-state index >= 15 is 0 Å². The van der Waals surface area contributed by atoms with Crippen molar-refractivity contribution in [2.75, 3.05) is 26.4 Å². The topological polar surface area (TPSA) is 134 Å². The number of hydrogen-bond donors (Lipinski definition) is 2. The fourth-order valence-electron chi connectivity index (χ4n) is 7.37. The fraction of sp³-hybridized carbons (Fsp3) is 0.695. The molecule has 0 aromatic carbocycles. The van der Waals surface area contributed by atoms with E-state index in [4.69, 9.17) is 24.3 Å². The summed E-state index contributed by atoms with van der Waals surface area (Å²) in [5.41, 5.74) is 5.38. The standard InChI is InChI=1S/C59H102NO8P/c1-3-5-7-9-11-13-15-17-19-21-23-25-26-27-28-29-30-32-34-36-38-40-42-44-46-48-50-52-59(62)68-57(56-67-69(63,64)66-54-53-60)55-65-58(61)51-49-47-45-43-41-39-37-35-33-31-24-22-20-18-16-14-12-10-8-6-4-2/h5,7,11,13,16-19,22-25,27-28,30,32,57H,3-4,6,8-10,12,14-15,20-21,26,29,31,33-56,60H2,1-2H3,(H,63,64)/b7-5-,13-11-,18-16-,19-17-,24-22-,25-23-,28-27-,32-30-. The van der Waals surface area contributed by atoms with E-state index in [0.717, 1.165) is 103 Å². The molecule has 9 nitrogen and oxygen atoms in total. The van der Waals surface area contributed by atoms with Crippen LogP contribution < -0.4 is 5.73 Å². The van der Waals surface area contributed by atoms with E-state index in [2.05, 4.69) is 111 Å². The second kappa shape index (κ2) is 54.3. The Bertz CT molecular complexity index is 1450. The third-order valence-corrected chi connectivity index (χ3v) is 12.4. The molecular weight excluding hydrogens is 882 g/mol. The molecule has 0 aromatic rings. The maximum atomic E-state index is 12.7. The Morgan fingerprint density at radius 3 is 1.19 bits per heavy atom. The van der Waals surface area contributed by atoms with Gasteiger partial charge < -0.3 is 20.1 Å². The van der Waals surface area contributed by atoms with Crippen molar-refractivity contribution in [1.29, 1.82) is 0 Å². The van der Waals surface area contributed by atoms with E-state index in [1.165, 1.54) is 96.3 Å². The van der Waals surface area contributed by atoms with Crippen molar-refractivity contribution in [3.05, 3.63) is 97.2 Å². The average molecular weight is 984 g/mol. The Morgan fingerprint density at radius 2 is 0.797 bits per heavy atom. The Kier molecular flexibility index (Phi) is 51.9. The zero-order chi connectivity index (χ0) is 50.2. The zero-order valence-electron chi connectivity index (χ0n) is 44.0. The zero-order valence-corrected chi connectivity index (χ0v) is 44.9. The second-order valence-electron chi connectivity index (χ2n) is 18.1. The van der Waals surface area contributed by atoms with Gasteiger partial charge in [-0.3, -0.25) is 18.6 Å². The molecule has 0 radical (unpaired) electrons. The summed E-state index contributed by atoms with van der Waals surface area (Å²) in [5, 5.41) is 0. The van der Waals surface area contributed by atoms with Gasteiger partial charge in [-0.25, -0.2) is 4.57 Å². The number of hydrogen-bond acceptors (Lipinski definition) is 8. The summed E-state index contributed by atoms with van der Waals surface area (Å²) in [5.74, 6) is -0.845. The number of esters is 2. The Hall–Kier alpha value is -3.07. The predicted octanol–water partition coefficient (Wildman–Crippen LogP) is 17.3. The number of phosphoric acid groups is 1. The summed E-state index contributed by atoms with van der Waals surface area (Å²) in [4.78, 5) is 35.2. The van der Waals surface area contributed by atoms with E-state index in [1.807, 2.05) is 0 Å². The summed E-state index contributed by atoms with van der Waals surface area (Å²) in [6.07, 6.45) is 71.6. The maximum absolute atomic E-state index is 12.7. The number of ether oxygens (including phenoxy) is 2. The fourth-order valence-corrected chi connectivity index (χ4v) is 8.14. The molecule has 2 unspecified atom stereocenters. The van der Waals surface area contributed by atoms with Crippen molar-refractivity contribution < 1.29 is 37.6 Å². The first-order valence-corrected chi connectivity index (χ1v) is 29.2. The third-order valence-electron chi connectivity index (χ3n) is 11.5. The van der Waals surface area contributed by atoms with Crippen LogP contribution in [0.15, 0.2) is 97.2 Å². The molecule has 69 heavy (non-hydrogen) atoms. The Morgan fingerprint density at radius 1 is 0.449 bits per heavy atom. The monoisotopic (exact) mass is 984 g/mol. The summed E-state index contributed by atoms with van der Waals surface area (Å²) < 4.78 is 33.0. The lowest BCUT2D eigenvalue weighted by atomic mass is 10.1. The van der Waals surface area contributed by atoms with Crippen molar-refractivity contribution in [2.24, 2.45) is 5.73 Å². The molecular formula is C59H102NO8P. The van der Waals surface area contributed by atoms with E-state index in [0.29, 0.717) is 6.42 Å². The van der Waals surface area contributed by atoms with Crippen molar-refractivity contribution in [3.8, 4) is 0 Å². The van der Waals surface area contributed by atoms with Gasteiger partial charge in [0, 0.05) is 19.4 Å². The van der Waals surface area contributed by atoms with Gasteiger partial charge in [-0.2, -0.15) is 0 Å². The first-order valence-electron chi connectivity index (χ1n) is 27.7. The molecule has 0 aliphatic carbocycles. The van der Waals surface area contributed by atoms with Crippen molar-refractivity contribution in [3.63, 3.8) is 0 Å². The smallest absolute Gasteiger partial charge is 0.462 e. The summed E-state index contributed by atoms with van der Waals surface area (Å²) in [6.45, 7) is 3.61. The molecule has 0 bridgehead atoms. The molecule has 0 spiro atoms. The van der Waals surface area contributed by atoms with Crippen molar-refractivity contribution in [1.82, 2.24) is 0 Å². The van der Waals surface area contributed by atoms with Gasteiger partial charge in [0.2, 0.25) is 0 Å². The lowest BCUT2D eigenvalue weighted by Crippen LogP contribution is -2.29. The molecule has 2 atom stereocenters. The van der Waals surface area contributed by atoms with Crippen LogP contribution in [0.2, 0.25) is 0 Å². The van der Waals surface area contributed by atoms with Crippen molar-refractivity contribution >= 4 is 19.8 Å². The van der Waals surface area contributed by atoms with Gasteiger partial charge >= 0.3 is 19.8 Å². The maximum Gasteiger partial charge on any atom is 0.472 e. The van der Waals surface area contributed by atoms with Crippen LogP contribution in [-0.2, 0) is 32.7 Å². The van der Waals surface area contributed by atoms with E-state index in [9.17, 15) is 19.0 Å². The van der Waals surface area contributed by atoms with Crippen molar-refractivity contribution in [2.45, 2.75) is 238 Å². The summed E-state index contributed by atoms with van der Waals surface area (Å²) in [7, 11) is -4.40. The normalized spacial score (nSPS) is 13.9. The first-order chi connectivity index (χ1) is 33.8. The van der Waals surface area contributed by atoms with Gasteiger partial charge in [0.05, 0.1) is 13.2 Å². The number of phosphoric ester groups is 1. The van der Waals surface area contributed by atoms with Gasteiger partial charge in [-0.1, -0.05) is 220 Å². The molecule has 0 aromatic heterocycles. The molecule has 0 aliphatic heterocycles. The van der Waals surface area contributed by atoms with Crippen LogP contribution in [0.5, 0.6) is 0 Å². The van der Waals surface area contributed by atoms with Crippen LogP contribution in [0.1, 0.15) is 232 Å². The van der Waals surface area contributed by atoms with Gasteiger partial charge in [0.15, 0.2) is 6.10 Å². The summed E-state index contributed by atoms with van der Waals surface area (Å²) >= 11 is 0. The molecule has 10 heteroatoms. The lowest BCUT2D eigenvalue weighted by Gasteiger charge is -2.19. The quantitative estimate of drug-likeness (QED) is 0.0264. The largest absolute Gasteiger partial charge is 0.472 e. The number of rotatable bonds is 51. The molecule has 0 heterocycles. The molecule has 0 aliphatic rings. The van der Waals surface area contributed by atoms with Gasteiger partial charge in [0.25, 0.3) is 0 Å². The molecule has 0 fully saturated rings. The average Bonchev–Trinajstić information content (AvgIpc) is 3.34. The van der Waals surface area contributed by atoms with E-state index < -0.39 is 26.5 Å².